The summed E-state index contributed by atoms with van der Waals surface area (Å²) in [5.74, 6) is 0.789. The van der Waals surface area contributed by atoms with Gasteiger partial charge in [-0.2, -0.15) is 0 Å². The van der Waals surface area contributed by atoms with Gasteiger partial charge in [-0.1, -0.05) is 20.3 Å². The summed E-state index contributed by atoms with van der Waals surface area (Å²) in [5.41, 5.74) is 0. The number of rotatable bonds is 3. The first-order valence-electron chi connectivity index (χ1n) is 7.19. The van der Waals surface area contributed by atoms with Gasteiger partial charge in [0.15, 0.2) is 0 Å². The maximum absolute atomic E-state index is 12.6. The summed E-state index contributed by atoms with van der Waals surface area (Å²) >= 11 is 0. The number of amides is 2. The molecule has 3 atom stereocenters. The number of methoxy groups -OCH3 is 1. The largest absolute Gasteiger partial charge is 0.453 e. The molecule has 0 aromatic rings. The first kappa shape index (κ1) is 14.2. The Labute approximate surface area is 114 Å². The molecule has 0 aromatic heterocycles. The minimum atomic E-state index is -0.533. The van der Waals surface area contributed by atoms with Gasteiger partial charge in [0.2, 0.25) is 5.91 Å². The lowest BCUT2D eigenvalue weighted by molar-refractivity contribution is -0.135. The molecule has 0 spiro atoms. The molecule has 2 aliphatic rings. The van der Waals surface area contributed by atoms with Gasteiger partial charge in [0.05, 0.1) is 7.11 Å². The summed E-state index contributed by atoms with van der Waals surface area (Å²) < 4.78 is 4.61. The molecule has 0 aromatic carbocycles. The third kappa shape index (κ3) is 2.85. The standard InChI is InChI=1S/C14H24N2O3/c1-9(2)12(15-14(18)19-3)13(17)16-8-7-10-5-4-6-11(10)16/h9-12H,4-8H2,1-3H3,(H,15,18)/t10-,11-,12-/m0/s1. The van der Waals surface area contributed by atoms with Crippen LogP contribution in [0.4, 0.5) is 4.79 Å². The number of carbonyl (C=O) groups excluding carboxylic acids is 2. The second-order valence-electron chi connectivity index (χ2n) is 5.94. The van der Waals surface area contributed by atoms with Crippen LogP contribution in [0.3, 0.4) is 0 Å². The fourth-order valence-electron chi connectivity index (χ4n) is 3.39. The Hall–Kier alpha value is -1.26. The average Bonchev–Trinajstić information content (AvgIpc) is 2.96. The van der Waals surface area contributed by atoms with E-state index in [-0.39, 0.29) is 11.8 Å². The second kappa shape index (κ2) is 5.80. The van der Waals surface area contributed by atoms with E-state index in [0.717, 1.165) is 19.4 Å². The number of alkyl carbamates (subject to hydrolysis) is 1. The van der Waals surface area contributed by atoms with Crippen molar-refractivity contribution in [2.24, 2.45) is 11.8 Å². The minimum Gasteiger partial charge on any atom is -0.453 e. The number of ether oxygens (including phenoxy) is 1. The number of fused-ring (bicyclic) bond motifs is 1. The molecule has 5 nitrogen and oxygen atoms in total. The molecule has 0 unspecified atom stereocenters. The van der Waals surface area contributed by atoms with Gasteiger partial charge in [0.25, 0.3) is 0 Å². The smallest absolute Gasteiger partial charge is 0.407 e. The van der Waals surface area contributed by atoms with E-state index in [1.807, 2.05) is 18.7 Å². The quantitative estimate of drug-likeness (QED) is 0.848. The first-order valence-corrected chi connectivity index (χ1v) is 7.19. The molecule has 1 heterocycles. The van der Waals surface area contributed by atoms with Gasteiger partial charge in [-0.05, 0) is 31.1 Å². The number of nitrogens with zero attached hydrogens (tertiary/aromatic N) is 1. The van der Waals surface area contributed by atoms with Crippen LogP contribution in [0.5, 0.6) is 0 Å². The maximum atomic E-state index is 12.6. The van der Waals surface area contributed by atoms with Crippen molar-refractivity contribution < 1.29 is 14.3 Å². The second-order valence-corrected chi connectivity index (χ2v) is 5.94. The van der Waals surface area contributed by atoms with Crippen LogP contribution in [0.15, 0.2) is 0 Å². The Morgan fingerprint density at radius 1 is 1.26 bits per heavy atom. The van der Waals surface area contributed by atoms with Gasteiger partial charge >= 0.3 is 6.09 Å². The van der Waals surface area contributed by atoms with Crippen molar-refractivity contribution in [2.75, 3.05) is 13.7 Å². The zero-order chi connectivity index (χ0) is 14.0. The Bertz CT molecular complexity index is 357. The summed E-state index contributed by atoms with van der Waals surface area (Å²) in [6, 6.07) is -0.0833. The Morgan fingerprint density at radius 2 is 2.00 bits per heavy atom. The Kier molecular flexibility index (Phi) is 4.32. The number of nitrogens with one attached hydrogen (secondary N) is 1. The van der Waals surface area contributed by atoms with Crippen LogP contribution in [0.2, 0.25) is 0 Å². The molecule has 2 fully saturated rings. The van der Waals surface area contributed by atoms with Gasteiger partial charge in [0, 0.05) is 12.6 Å². The molecule has 0 bridgehead atoms. The highest BCUT2D eigenvalue weighted by Crippen LogP contribution is 2.38. The lowest BCUT2D eigenvalue weighted by Gasteiger charge is -2.30. The number of likely N-dealkylation sites (tertiary alicyclic amines) is 1. The minimum absolute atomic E-state index is 0.0507. The van der Waals surface area contributed by atoms with Gasteiger partial charge < -0.3 is 15.0 Å². The molecule has 1 saturated heterocycles. The average molecular weight is 268 g/mol. The monoisotopic (exact) mass is 268 g/mol. The van der Waals surface area contributed by atoms with Crippen LogP contribution >= 0.6 is 0 Å². The summed E-state index contributed by atoms with van der Waals surface area (Å²) in [5, 5.41) is 2.67. The van der Waals surface area contributed by atoms with Gasteiger partial charge in [-0.15, -0.1) is 0 Å². The first-order chi connectivity index (χ1) is 9.04. The third-order valence-corrected chi connectivity index (χ3v) is 4.43. The highest BCUT2D eigenvalue weighted by atomic mass is 16.5. The highest BCUT2D eigenvalue weighted by molar-refractivity contribution is 5.86. The van der Waals surface area contributed by atoms with E-state index >= 15 is 0 Å². The summed E-state index contributed by atoms with van der Waals surface area (Å²) in [6.07, 6.45) is 4.15. The molecule has 2 amide bonds. The summed E-state index contributed by atoms with van der Waals surface area (Å²) in [7, 11) is 1.32. The molecule has 2 rings (SSSR count). The van der Waals surface area contributed by atoms with Crippen LogP contribution in [-0.2, 0) is 9.53 Å². The molecule has 1 aliphatic carbocycles. The van der Waals surface area contributed by atoms with Crippen LogP contribution in [0.25, 0.3) is 0 Å². The van der Waals surface area contributed by atoms with Gasteiger partial charge in [-0.3, -0.25) is 4.79 Å². The van der Waals surface area contributed by atoms with Crippen molar-refractivity contribution in [3.8, 4) is 0 Å². The predicted octanol–water partition coefficient (Wildman–Crippen LogP) is 1.77. The maximum Gasteiger partial charge on any atom is 0.407 e. The normalized spacial score (nSPS) is 27.3. The fourth-order valence-corrected chi connectivity index (χ4v) is 3.39. The Balaban J connectivity index is 2.04. The SMILES string of the molecule is COC(=O)N[C@H](C(=O)N1CC[C@@H]2CCC[C@@H]21)C(C)C. The van der Waals surface area contributed by atoms with Gasteiger partial charge in [-0.25, -0.2) is 4.79 Å². The van der Waals surface area contributed by atoms with E-state index in [2.05, 4.69) is 10.1 Å². The summed E-state index contributed by atoms with van der Waals surface area (Å²) in [6.45, 7) is 4.72. The lowest BCUT2D eigenvalue weighted by Crippen LogP contribution is -2.52. The molecule has 1 aliphatic heterocycles. The zero-order valence-electron chi connectivity index (χ0n) is 12.0. The molecule has 1 N–H and O–H groups in total. The van der Waals surface area contributed by atoms with Crippen molar-refractivity contribution in [1.82, 2.24) is 10.2 Å². The summed E-state index contributed by atoms with van der Waals surface area (Å²) in [4.78, 5) is 26.0. The molecule has 0 radical (unpaired) electrons. The molecule has 108 valence electrons. The molecule has 19 heavy (non-hydrogen) atoms. The van der Waals surface area contributed by atoms with E-state index in [0.29, 0.717) is 12.0 Å². The van der Waals surface area contributed by atoms with E-state index in [9.17, 15) is 9.59 Å². The van der Waals surface area contributed by atoms with Gasteiger partial charge in [0.1, 0.15) is 6.04 Å². The highest BCUT2D eigenvalue weighted by Gasteiger charge is 2.42. The van der Waals surface area contributed by atoms with Crippen molar-refractivity contribution in [1.29, 1.82) is 0 Å². The third-order valence-electron chi connectivity index (χ3n) is 4.43. The van der Waals surface area contributed by atoms with Crippen LogP contribution in [0.1, 0.15) is 39.5 Å². The molecular weight excluding hydrogens is 244 g/mol. The molecule has 5 heteroatoms. The zero-order valence-corrected chi connectivity index (χ0v) is 12.0. The fraction of sp³-hybridized carbons (Fsp3) is 0.857. The van der Waals surface area contributed by atoms with Crippen molar-refractivity contribution in [3.63, 3.8) is 0 Å². The number of hydrogen-bond donors (Lipinski definition) is 1. The topological polar surface area (TPSA) is 58.6 Å². The number of carbonyl (C=O) groups is 2. The van der Waals surface area contributed by atoms with Crippen LogP contribution < -0.4 is 5.32 Å². The van der Waals surface area contributed by atoms with E-state index in [4.69, 9.17) is 0 Å². The van der Waals surface area contributed by atoms with Crippen molar-refractivity contribution in [2.45, 2.75) is 51.6 Å². The van der Waals surface area contributed by atoms with E-state index in [1.54, 1.807) is 0 Å². The van der Waals surface area contributed by atoms with Crippen molar-refractivity contribution >= 4 is 12.0 Å². The van der Waals surface area contributed by atoms with Crippen LogP contribution in [0, 0.1) is 11.8 Å². The van der Waals surface area contributed by atoms with Crippen LogP contribution in [-0.4, -0.2) is 42.6 Å². The Morgan fingerprint density at radius 3 is 2.63 bits per heavy atom. The predicted molar refractivity (Wildman–Crippen MR) is 71.6 cm³/mol. The lowest BCUT2D eigenvalue weighted by atomic mass is 10.0. The molecular formula is C14H24N2O3. The van der Waals surface area contributed by atoms with E-state index < -0.39 is 12.1 Å². The molecule has 1 saturated carbocycles. The van der Waals surface area contributed by atoms with E-state index in [1.165, 1.54) is 20.0 Å². The number of hydrogen-bond acceptors (Lipinski definition) is 3. The van der Waals surface area contributed by atoms with Crippen molar-refractivity contribution in [3.05, 3.63) is 0 Å².